The second-order valence-corrected chi connectivity index (χ2v) is 5.06. The average molecular weight is 228 g/mol. The number of rotatable bonds is 2. The van der Waals surface area contributed by atoms with Crippen molar-refractivity contribution in [2.45, 2.75) is 52.8 Å². The summed E-state index contributed by atoms with van der Waals surface area (Å²) in [7, 11) is 0. The summed E-state index contributed by atoms with van der Waals surface area (Å²) >= 11 is 0. The molecule has 0 aromatic carbocycles. The smallest absolute Gasteiger partial charge is 0.410 e. The van der Waals surface area contributed by atoms with Gasteiger partial charge in [0.1, 0.15) is 0 Å². The molecule has 1 atom stereocenters. The zero-order chi connectivity index (χ0) is 12.3. The van der Waals surface area contributed by atoms with Crippen molar-refractivity contribution in [2.24, 2.45) is 0 Å². The lowest BCUT2D eigenvalue weighted by molar-refractivity contribution is 0.0294. The Morgan fingerprint density at radius 1 is 1.25 bits per heavy atom. The van der Waals surface area contributed by atoms with Gasteiger partial charge in [-0.15, -0.1) is 0 Å². The van der Waals surface area contributed by atoms with E-state index in [-0.39, 0.29) is 18.2 Å². The molecule has 0 aliphatic carbocycles. The van der Waals surface area contributed by atoms with E-state index in [9.17, 15) is 4.79 Å². The molecule has 1 aliphatic heterocycles. The van der Waals surface area contributed by atoms with Gasteiger partial charge in [-0.05, 0) is 34.6 Å². The summed E-state index contributed by atoms with van der Waals surface area (Å²) in [6, 6.07) is 0.785. The van der Waals surface area contributed by atoms with Crippen molar-refractivity contribution in [2.75, 3.05) is 19.6 Å². The summed E-state index contributed by atoms with van der Waals surface area (Å²) < 4.78 is 5.22. The molecule has 0 spiro atoms. The van der Waals surface area contributed by atoms with Crippen molar-refractivity contribution < 1.29 is 9.53 Å². The van der Waals surface area contributed by atoms with E-state index in [1.165, 1.54) is 0 Å². The Labute approximate surface area is 98.5 Å². The number of ether oxygens (including phenoxy) is 1. The van der Waals surface area contributed by atoms with Crippen molar-refractivity contribution in [1.29, 1.82) is 0 Å². The molecule has 0 saturated carbocycles. The van der Waals surface area contributed by atoms with Gasteiger partial charge in [-0.2, -0.15) is 0 Å². The van der Waals surface area contributed by atoms with Crippen LogP contribution in [0.5, 0.6) is 0 Å². The summed E-state index contributed by atoms with van der Waals surface area (Å²) in [6.07, 6.45) is -0.214. The van der Waals surface area contributed by atoms with Gasteiger partial charge in [-0.3, -0.25) is 4.90 Å². The Morgan fingerprint density at radius 3 is 2.31 bits per heavy atom. The molecule has 16 heavy (non-hydrogen) atoms. The van der Waals surface area contributed by atoms with Crippen molar-refractivity contribution in [3.63, 3.8) is 0 Å². The summed E-state index contributed by atoms with van der Waals surface area (Å²) in [4.78, 5) is 16.0. The molecule has 0 aromatic rings. The quantitative estimate of drug-likeness (QED) is 0.724. The molecule has 4 nitrogen and oxygen atoms in total. The Balaban J connectivity index is 2.50. The highest BCUT2D eigenvalue weighted by molar-refractivity contribution is 5.68. The molecule has 0 bridgehead atoms. The fraction of sp³-hybridized carbons (Fsp3) is 0.917. The van der Waals surface area contributed by atoms with Gasteiger partial charge in [0.15, 0.2) is 0 Å². The number of hydrogen-bond donors (Lipinski definition) is 0. The second kappa shape index (κ2) is 5.53. The van der Waals surface area contributed by atoms with Crippen LogP contribution >= 0.6 is 0 Å². The van der Waals surface area contributed by atoms with Crippen LogP contribution in [-0.4, -0.2) is 53.7 Å². The van der Waals surface area contributed by atoms with Crippen molar-refractivity contribution >= 4 is 6.09 Å². The zero-order valence-electron chi connectivity index (χ0n) is 11.1. The highest BCUT2D eigenvalue weighted by Crippen LogP contribution is 2.13. The first kappa shape index (κ1) is 13.3. The Bertz CT molecular complexity index is 241. The molecule has 1 rings (SSSR count). The van der Waals surface area contributed by atoms with E-state index in [1.54, 1.807) is 0 Å². The zero-order valence-corrected chi connectivity index (χ0v) is 11.1. The third-order valence-electron chi connectivity index (χ3n) is 2.96. The molecule has 1 saturated heterocycles. The fourth-order valence-electron chi connectivity index (χ4n) is 2.00. The average Bonchev–Trinajstić information content (AvgIpc) is 2.15. The standard InChI is InChI=1S/C12H24N2O2/c1-9(2)13-6-7-14(11(5)8-13)12(15)16-10(3)4/h9-11H,6-8H2,1-5H3/t11-/m1/s1. The predicted octanol–water partition coefficient (Wildman–Crippen LogP) is 1.95. The lowest BCUT2D eigenvalue weighted by Gasteiger charge is -2.41. The van der Waals surface area contributed by atoms with Crippen LogP contribution in [0, 0.1) is 0 Å². The molecule has 1 fully saturated rings. The monoisotopic (exact) mass is 228 g/mol. The van der Waals surface area contributed by atoms with E-state index in [2.05, 4.69) is 25.7 Å². The van der Waals surface area contributed by atoms with E-state index >= 15 is 0 Å². The Kier molecular flexibility index (Phi) is 4.59. The van der Waals surface area contributed by atoms with Crippen LogP contribution < -0.4 is 0 Å². The highest BCUT2D eigenvalue weighted by Gasteiger charge is 2.29. The van der Waals surface area contributed by atoms with E-state index < -0.39 is 0 Å². The normalized spacial score (nSPS) is 22.9. The van der Waals surface area contributed by atoms with Gasteiger partial charge >= 0.3 is 6.09 Å². The third kappa shape index (κ3) is 3.37. The van der Waals surface area contributed by atoms with Gasteiger partial charge < -0.3 is 9.64 Å². The maximum atomic E-state index is 11.8. The number of piperazine rings is 1. The predicted molar refractivity (Wildman–Crippen MR) is 64.5 cm³/mol. The molecule has 0 unspecified atom stereocenters. The third-order valence-corrected chi connectivity index (χ3v) is 2.96. The molecule has 94 valence electrons. The van der Waals surface area contributed by atoms with Gasteiger partial charge in [0.05, 0.1) is 6.10 Å². The summed E-state index contributed by atoms with van der Waals surface area (Å²) in [5, 5.41) is 0. The van der Waals surface area contributed by atoms with Gasteiger partial charge in [-0.1, -0.05) is 0 Å². The number of hydrogen-bond acceptors (Lipinski definition) is 3. The minimum absolute atomic E-state index is 0.0390. The van der Waals surface area contributed by atoms with E-state index in [4.69, 9.17) is 4.74 Å². The van der Waals surface area contributed by atoms with Crippen molar-refractivity contribution in [3.8, 4) is 0 Å². The molecule has 1 heterocycles. The van der Waals surface area contributed by atoms with Gasteiger partial charge in [-0.25, -0.2) is 4.79 Å². The van der Waals surface area contributed by atoms with Crippen LogP contribution in [0.3, 0.4) is 0 Å². The van der Waals surface area contributed by atoms with Gasteiger partial charge in [0.2, 0.25) is 0 Å². The summed E-state index contributed by atoms with van der Waals surface area (Å²) in [6.45, 7) is 12.9. The van der Waals surface area contributed by atoms with Crippen molar-refractivity contribution in [3.05, 3.63) is 0 Å². The summed E-state index contributed by atoms with van der Waals surface area (Å²) in [5.41, 5.74) is 0. The van der Waals surface area contributed by atoms with Gasteiger partial charge in [0, 0.05) is 31.7 Å². The van der Waals surface area contributed by atoms with Crippen LogP contribution in [0.25, 0.3) is 0 Å². The van der Waals surface area contributed by atoms with Crippen LogP contribution in [0.1, 0.15) is 34.6 Å². The first-order chi connectivity index (χ1) is 7.41. The molecular weight excluding hydrogens is 204 g/mol. The highest BCUT2D eigenvalue weighted by atomic mass is 16.6. The van der Waals surface area contributed by atoms with E-state index in [0.717, 1.165) is 19.6 Å². The molecular formula is C12H24N2O2. The molecule has 1 amide bonds. The topological polar surface area (TPSA) is 32.8 Å². The Hall–Kier alpha value is -0.770. The first-order valence-electron chi connectivity index (χ1n) is 6.13. The Morgan fingerprint density at radius 2 is 1.88 bits per heavy atom. The minimum Gasteiger partial charge on any atom is -0.447 e. The number of amides is 1. The summed E-state index contributed by atoms with van der Waals surface area (Å²) in [5.74, 6) is 0. The van der Waals surface area contributed by atoms with E-state index in [1.807, 2.05) is 18.7 Å². The minimum atomic E-state index is -0.175. The molecule has 0 aromatic heterocycles. The molecule has 4 heteroatoms. The number of carbonyl (C=O) groups is 1. The van der Waals surface area contributed by atoms with Crippen LogP contribution in [-0.2, 0) is 4.74 Å². The SMILES string of the molecule is CC(C)OC(=O)N1CCN(C(C)C)C[C@H]1C. The second-order valence-electron chi connectivity index (χ2n) is 5.06. The first-order valence-corrected chi connectivity index (χ1v) is 6.13. The van der Waals surface area contributed by atoms with Crippen LogP contribution in [0.15, 0.2) is 0 Å². The van der Waals surface area contributed by atoms with Gasteiger partial charge in [0.25, 0.3) is 0 Å². The number of carbonyl (C=O) groups excluding carboxylic acids is 1. The van der Waals surface area contributed by atoms with E-state index in [0.29, 0.717) is 6.04 Å². The van der Waals surface area contributed by atoms with Crippen LogP contribution in [0.2, 0.25) is 0 Å². The largest absolute Gasteiger partial charge is 0.447 e. The number of nitrogens with zero attached hydrogens (tertiary/aromatic N) is 2. The lowest BCUT2D eigenvalue weighted by Crippen LogP contribution is -2.55. The van der Waals surface area contributed by atoms with Crippen molar-refractivity contribution in [1.82, 2.24) is 9.80 Å². The molecule has 0 radical (unpaired) electrons. The maximum Gasteiger partial charge on any atom is 0.410 e. The fourth-order valence-corrected chi connectivity index (χ4v) is 2.00. The van der Waals surface area contributed by atoms with Crippen LogP contribution in [0.4, 0.5) is 4.79 Å². The molecule has 1 aliphatic rings. The molecule has 0 N–H and O–H groups in total. The lowest BCUT2D eigenvalue weighted by atomic mass is 10.1. The maximum absolute atomic E-state index is 11.8.